The molecule has 0 bridgehead atoms. The fraction of sp³-hybridized carbons (Fsp3) is 0.250. The van der Waals surface area contributed by atoms with Crippen LogP contribution in [0.1, 0.15) is 11.6 Å². The van der Waals surface area contributed by atoms with Crippen LogP contribution in [0.5, 0.6) is 11.5 Å². The largest absolute Gasteiger partial charge is 0.493 e. The second-order valence-electron chi connectivity index (χ2n) is 4.50. The van der Waals surface area contributed by atoms with Gasteiger partial charge < -0.3 is 19.9 Å². The molecule has 0 saturated carbocycles. The zero-order chi connectivity index (χ0) is 15.2. The summed E-state index contributed by atoms with van der Waals surface area (Å²) in [5, 5.41) is 13.0. The summed E-state index contributed by atoms with van der Waals surface area (Å²) < 4.78 is 11.5. The maximum atomic E-state index is 9.65. The van der Waals surface area contributed by atoms with Crippen molar-refractivity contribution in [3.63, 3.8) is 0 Å². The minimum absolute atomic E-state index is 0.0258. The molecule has 112 valence electrons. The summed E-state index contributed by atoms with van der Waals surface area (Å²) in [4.78, 5) is 0. The van der Waals surface area contributed by atoms with Crippen LogP contribution < -0.4 is 14.8 Å². The molecular formula is C16H18BrNO3. The predicted octanol–water partition coefficient (Wildman–Crippen LogP) is 3.61. The Morgan fingerprint density at radius 1 is 1.10 bits per heavy atom. The third kappa shape index (κ3) is 3.89. The standard InChI is InChI=1S/C16H18BrNO3/c1-20-15-7-6-11(8-16(15)21-2)14(10-19)18-13-5-3-4-12(17)9-13/h3-9,14,18-19H,10H2,1-2H3. The molecule has 1 unspecified atom stereocenters. The topological polar surface area (TPSA) is 50.7 Å². The molecule has 0 fully saturated rings. The van der Waals surface area contributed by atoms with E-state index >= 15 is 0 Å². The minimum atomic E-state index is -0.223. The van der Waals surface area contributed by atoms with Crippen LogP contribution in [0.4, 0.5) is 5.69 Å². The lowest BCUT2D eigenvalue weighted by atomic mass is 10.1. The van der Waals surface area contributed by atoms with Crippen molar-refractivity contribution in [2.24, 2.45) is 0 Å². The Morgan fingerprint density at radius 2 is 1.86 bits per heavy atom. The van der Waals surface area contributed by atoms with Crippen molar-refractivity contribution in [2.45, 2.75) is 6.04 Å². The number of ether oxygens (including phenoxy) is 2. The third-order valence-corrected chi connectivity index (χ3v) is 3.65. The molecule has 2 rings (SSSR count). The molecule has 2 aromatic rings. The molecule has 5 heteroatoms. The van der Waals surface area contributed by atoms with E-state index < -0.39 is 0 Å². The maximum absolute atomic E-state index is 9.65. The molecule has 0 aliphatic heterocycles. The molecule has 1 atom stereocenters. The molecule has 2 N–H and O–H groups in total. The van der Waals surface area contributed by atoms with E-state index in [1.807, 2.05) is 42.5 Å². The maximum Gasteiger partial charge on any atom is 0.161 e. The average Bonchev–Trinajstić information content (AvgIpc) is 2.52. The molecule has 0 aromatic heterocycles. The summed E-state index contributed by atoms with van der Waals surface area (Å²) in [6, 6.07) is 13.2. The summed E-state index contributed by atoms with van der Waals surface area (Å²) in [6.07, 6.45) is 0. The summed E-state index contributed by atoms with van der Waals surface area (Å²) >= 11 is 3.43. The molecule has 4 nitrogen and oxygen atoms in total. The molecule has 0 saturated heterocycles. The average molecular weight is 352 g/mol. The second kappa shape index (κ2) is 7.33. The number of methoxy groups -OCH3 is 2. The number of nitrogens with one attached hydrogen (secondary N) is 1. The first-order chi connectivity index (χ1) is 10.2. The summed E-state index contributed by atoms with van der Waals surface area (Å²) in [6.45, 7) is -0.0258. The Bertz CT molecular complexity index is 604. The minimum Gasteiger partial charge on any atom is -0.493 e. The van der Waals surface area contributed by atoms with E-state index in [2.05, 4.69) is 21.2 Å². The Hall–Kier alpha value is -1.72. The van der Waals surface area contributed by atoms with Gasteiger partial charge in [0.2, 0.25) is 0 Å². The molecule has 0 aliphatic rings. The molecule has 21 heavy (non-hydrogen) atoms. The van der Waals surface area contributed by atoms with Crippen LogP contribution in [0.25, 0.3) is 0 Å². The van der Waals surface area contributed by atoms with Gasteiger partial charge in [0.15, 0.2) is 11.5 Å². The lowest BCUT2D eigenvalue weighted by Crippen LogP contribution is -2.15. The molecule has 0 radical (unpaired) electrons. The summed E-state index contributed by atoms with van der Waals surface area (Å²) in [5.41, 5.74) is 1.85. The lowest BCUT2D eigenvalue weighted by molar-refractivity contribution is 0.275. The number of halogens is 1. The SMILES string of the molecule is COc1ccc(C(CO)Nc2cccc(Br)c2)cc1OC. The number of aliphatic hydroxyl groups is 1. The molecule has 2 aromatic carbocycles. The molecule has 0 amide bonds. The van der Waals surface area contributed by atoms with Gasteiger partial charge in [0.05, 0.1) is 26.9 Å². The number of rotatable bonds is 6. The second-order valence-corrected chi connectivity index (χ2v) is 5.42. The van der Waals surface area contributed by atoms with Gasteiger partial charge in [-0.05, 0) is 35.9 Å². The van der Waals surface area contributed by atoms with E-state index in [0.29, 0.717) is 11.5 Å². The zero-order valence-corrected chi connectivity index (χ0v) is 13.6. The Kier molecular flexibility index (Phi) is 5.47. The Labute approximate surface area is 132 Å². The fourth-order valence-corrected chi connectivity index (χ4v) is 2.48. The normalized spacial score (nSPS) is 11.8. The molecule has 0 aliphatic carbocycles. The van der Waals surface area contributed by atoms with Crippen molar-refractivity contribution in [1.82, 2.24) is 0 Å². The highest BCUT2D eigenvalue weighted by molar-refractivity contribution is 9.10. The highest BCUT2D eigenvalue weighted by Crippen LogP contribution is 2.31. The van der Waals surface area contributed by atoms with Crippen LogP contribution in [0, 0.1) is 0 Å². The molecular weight excluding hydrogens is 334 g/mol. The van der Waals surface area contributed by atoms with E-state index in [0.717, 1.165) is 15.7 Å². The van der Waals surface area contributed by atoms with E-state index in [-0.39, 0.29) is 12.6 Å². The van der Waals surface area contributed by atoms with Gasteiger partial charge >= 0.3 is 0 Å². The van der Waals surface area contributed by atoms with E-state index in [1.165, 1.54) is 0 Å². The van der Waals surface area contributed by atoms with E-state index in [1.54, 1.807) is 14.2 Å². The molecule has 0 heterocycles. The number of hydrogen-bond acceptors (Lipinski definition) is 4. The first-order valence-electron chi connectivity index (χ1n) is 6.52. The zero-order valence-electron chi connectivity index (χ0n) is 12.0. The number of anilines is 1. The number of benzene rings is 2. The van der Waals surface area contributed by atoms with Crippen LogP contribution >= 0.6 is 15.9 Å². The monoisotopic (exact) mass is 351 g/mol. The number of aliphatic hydroxyl groups excluding tert-OH is 1. The van der Waals surface area contributed by atoms with Crippen molar-refractivity contribution < 1.29 is 14.6 Å². The third-order valence-electron chi connectivity index (χ3n) is 3.16. The van der Waals surface area contributed by atoms with Crippen LogP contribution in [-0.4, -0.2) is 25.9 Å². The summed E-state index contributed by atoms with van der Waals surface area (Å²) in [5.74, 6) is 1.31. The van der Waals surface area contributed by atoms with Gasteiger partial charge in [-0.15, -0.1) is 0 Å². The Balaban J connectivity index is 2.25. The highest BCUT2D eigenvalue weighted by atomic mass is 79.9. The van der Waals surface area contributed by atoms with Gasteiger partial charge in [0.1, 0.15) is 0 Å². The quantitative estimate of drug-likeness (QED) is 0.834. The first kappa shape index (κ1) is 15.7. The van der Waals surface area contributed by atoms with Gasteiger partial charge in [-0.3, -0.25) is 0 Å². The predicted molar refractivity (Wildman–Crippen MR) is 87.1 cm³/mol. The smallest absolute Gasteiger partial charge is 0.161 e. The van der Waals surface area contributed by atoms with Crippen molar-refractivity contribution in [3.05, 3.63) is 52.5 Å². The van der Waals surface area contributed by atoms with Crippen molar-refractivity contribution >= 4 is 21.6 Å². The van der Waals surface area contributed by atoms with Crippen LogP contribution in [0.2, 0.25) is 0 Å². The van der Waals surface area contributed by atoms with Crippen molar-refractivity contribution in [2.75, 3.05) is 26.1 Å². The van der Waals surface area contributed by atoms with Crippen molar-refractivity contribution in [3.8, 4) is 11.5 Å². The van der Waals surface area contributed by atoms with Crippen molar-refractivity contribution in [1.29, 1.82) is 0 Å². The van der Waals surface area contributed by atoms with E-state index in [9.17, 15) is 5.11 Å². The van der Waals surface area contributed by atoms with Crippen LogP contribution in [0.15, 0.2) is 46.9 Å². The van der Waals surface area contributed by atoms with Gasteiger partial charge in [-0.1, -0.05) is 28.1 Å². The summed E-state index contributed by atoms with van der Waals surface area (Å²) in [7, 11) is 3.19. The fourth-order valence-electron chi connectivity index (χ4n) is 2.08. The van der Waals surface area contributed by atoms with Gasteiger partial charge in [0, 0.05) is 10.2 Å². The lowest BCUT2D eigenvalue weighted by Gasteiger charge is -2.19. The molecule has 0 spiro atoms. The Morgan fingerprint density at radius 3 is 2.48 bits per heavy atom. The van der Waals surface area contributed by atoms with Crippen LogP contribution in [0.3, 0.4) is 0 Å². The first-order valence-corrected chi connectivity index (χ1v) is 7.32. The highest BCUT2D eigenvalue weighted by Gasteiger charge is 2.13. The number of hydrogen-bond donors (Lipinski definition) is 2. The van der Waals surface area contributed by atoms with Gasteiger partial charge in [-0.25, -0.2) is 0 Å². The van der Waals surface area contributed by atoms with E-state index in [4.69, 9.17) is 9.47 Å². The van der Waals surface area contributed by atoms with Gasteiger partial charge in [0.25, 0.3) is 0 Å². The van der Waals surface area contributed by atoms with Gasteiger partial charge in [-0.2, -0.15) is 0 Å². The van der Waals surface area contributed by atoms with Crippen LogP contribution in [-0.2, 0) is 0 Å².